The van der Waals surface area contributed by atoms with Crippen LogP contribution in [0.3, 0.4) is 0 Å². The second-order valence-corrected chi connectivity index (χ2v) is 2.94. The van der Waals surface area contributed by atoms with Crippen molar-refractivity contribution < 1.29 is 23.8 Å². The van der Waals surface area contributed by atoms with Crippen LogP contribution in [0.2, 0.25) is 0 Å². The average Bonchev–Trinajstić information content (AvgIpc) is 2.18. The zero-order valence-electron chi connectivity index (χ0n) is 8.31. The van der Waals surface area contributed by atoms with Crippen molar-refractivity contribution in [2.45, 2.75) is 6.42 Å². The molecule has 15 heavy (non-hydrogen) atoms. The second kappa shape index (κ2) is 5.70. The fourth-order valence-corrected chi connectivity index (χ4v) is 1.18. The first-order valence-electron chi connectivity index (χ1n) is 4.43. The molecule has 6 heteroatoms. The van der Waals surface area contributed by atoms with Crippen molar-refractivity contribution in [3.05, 3.63) is 29.6 Å². The molecule has 0 saturated heterocycles. The highest BCUT2D eigenvalue weighted by Gasteiger charge is 2.14. The highest BCUT2D eigenvalue weighted by Crippen LogP contribution is 2.20. The summed E-state index contributed by atoms with van der Waals surface area (Å²) in [6.45, 7) is 0.404. The van der Waals surface area contributed by atoms with E-state index in [1.807, 2.05) is 0 Å². The molecule has 0 atom stereocenters. The first-order valence-corrected chi connectivity index (χ1v) is 4.43. The van der Waals surface area contributed by atoms with E-state index < -0.39 is 13.1 Å². The van der Waals surface area contributed by atoms with Gasteiger partial charge >= 0.3 is 7.32 Å². The monoisotopic (exact) mass is 214 g/mol. The maximum absolute atomic E-state index is 12.9. The Morgan fingerprint density at radius 3 is 2.73 bits per heavy atom. The highest BCUT2D eigenvalue weighted by atomic mass is 19.1. The predicted molar refractivity (Wildman–Crippen MR) is 52.8 cm³/mol. The quantitative estimate of drug-likeness (QED) is 0.695. The molecule has 4 nitrogen and oxygen atoms in total. The van der Waals surface area contributed by atoms with Crippen LogP contribution in [-0.2, 0) is 11.2 Å². The van der Waals surface area contributed by atoms with Gasteiger partial charge in [0.1, 0.15) is 11.6 Å². The summed E-state index contributed by atoms with van der Waals surface area (Å²) < 4.78 is 22.4. The van der Waals surface area contributed by atoms with Crippen LogP contribution in [0.5, 0.6) is 5.75 Å². The van der Waals surface area contributed by atoms with E-state index in [9.17, 15) is 4.39 Å². The predicted octanol–water partition coefficient (Wildman–Crippen LogP) is 0.363. The molecule has 0 bridgehead atoms. The van der Waals surface area contributed by atoms with Crippen LogP contribution in [0.4, 0.5) is 4.39 Å². The average molecular weight is 214 g/mol. The van der Waals surface area contributed by atoms with Gasteiger partial charge in [-0.3, -0.25) is 0 Å². The molecule has 0 saturated carbocycles. The number of halogens is 1. The number of hydrogen-bond acceptors (Lipinski definition) is 4. The lowest BCUT2D eigenvalue weighted by Gasteiger charge is -2.10. The van der Waals surface area contributed by atoms with Gasteiger partial charge in [-0.1, -0.05) is 0 Å². The van der Waals surface area contributed by atoms with Crippen LogP contribution >= 0.6 is 0 Å². The maximum Gasteiger partial charge on any atom is 0.707 e. The van der Waals surface area contributed by atoms with Crippen LogP contribution in [0, 0.1) is 5.82 Å². The smallest absolute Gasteiger partial charge is 0.512 e. The summed E-state index contributed by atoms with van der Waals surface area (Å²) in [4.78, 5) is 0. The van der Waals surface area contributed by atoms with Crippen LogP contribution in [0.15, 0.2) is 18.2 Å². The Hall–Kier alpha value is -1.11. The third-order valence-corrected chi connectivity index (χ3v) is 1.83. The van der Waals surface area contributed by atoms with Crippen molar-refractivity contribution in [2.24, 2.45) is 0 Å². The number of ether oxygens (including phenoxy) is 1. The molecule has 0 radical (unpaired) electrons. The minimum absolute atomic E-state index is 0.239. The topological polar surface area (TPSA) is 58.9 Å². The lowest BCUT2D eigenvalue weighted by atomic mass is 10.1. The van der Waals surface area contributed by atoms with Crippen LogP contribution in [0.1, 0.15) is 5.56 Å². The summed E-state index contributed by atoms with van der Waals surface area (Å²) in [5, 5.41) is 17.3. The normalized spacial score (nSPS) is 10.1. The van der Waals surface area contributed by atoms with Crippen LogP contribution < -0.4 is 4.65 Å². The molecule has 1 rings (SSSR count). The van der Waals surface area contributed by atoms with Gasteiger partial charge in [-0.15, -0.1) is 0 Å². The molecule has 0 aliphatic rings. The van der Waals surface area contributed by atoms with Gasteiger partial charge in [-0.2, -0.15) is 0 Å². The molecular weight excluding hydrogens is 202 g/mol. The maximum atomic E-state index is 12.9. The van der Waals surface area contributed by atoms with E-state index >= 15 is 0 Å². The molecule has 2 N–H and O–H groups in total. The van der Waals surface area contributed by atoms with Crippen LogP contribution in [-0.4, -0.2) is 31.1 Å². The molecule has 0 amide bonds. The van der Waals surface area contributed by atoms with Gasteiger partial charge in [0.15, 0.2) is 0 Å². The summed E-state index contributed by atoms with van der Waals surface area (Å²) in [6.07, 6.45) is 0.441. The Balaban J connectivity index is 2.82. The van der Waals surface area contributed by atoms with E-state index in [1.54, 1.807) is 0 Å². The first-order chi connectivity index (χ1) is 7.13. The summed E-state index contributed by atoms with van der Waals surface area (Å²) in [5.74, 6) is -0.163. The molecule has 1 aromatic rings. The largest absolute Gasteiger partial charge is 0.707 e. The first kappa shape index (κ1) is 12.0. The third kappa shape index (κ3) is 3.87. The van der Waals surface area contributed by atoms with E-state index in [1.165, 1.54) is 25.3 Å². The molecule has 1 aromatic carbocycles. The van der Waals surface area contributed by atoms with Crippen molar-refractivity contribution in [3.8, 4) is 5.75 Å². The third-order valence-electron chi connectivity index (χ3n) is 1.83. The van der Waals surface area contributed by atoms with Gasteiger partial charge in [-0.05, 0) is 30.2 Å². The SMILES string of the molecule is COCCc1cc(F)ccc1OB(O)O. The number of methoxy groups -OCH3 is 1. The molecule has 0 aliphatic heterocycles. The summed E-state index contributed by atoms with van der Waals surface area (Å²) in [7, 11) is -0.377. The molecular formula is C9H12BFO4. The second-order valence-electron chi connectivity index (χ2n) is 2.94. The van der Waals surface area contributed by atoms with Gasteiger partial charge in [0.2, 0.25) is 0 Å². The Kier molecular flexibility index (Phi) is 4.55. The molecule has 0 spiro atoms. The zero-order chi connectivity index (χ0) is 11.3. The van der Waals surface area contributed by atoms with Crippen LogP contribution in [0.25, 0.3) is 0 Å². The van der Waals surface area contributed by atoms with E-state index in [4.69, 9.17) is 14.8 Å². The fraction of sp³-hybridized carbons (Fsp3) is 0.333. The molecule has 0 fully saturated rings. The number of benzene rings is 1. The van der Waals surface area contributed by atoms with Gasteiger partial charge in [0.25, 0.3) is 0 Å². The Bertz CT molecular complexity index is 319. The van der Waals surface area contributed by atoms with Gasteiger partial charge < -0.3 is 19.4 Å². The number of rotatable bonds is 5. The van der Waals surface area contributed by atoms with Crippen molar-refractivity contribution in [3.63, 3.8) is 0 Å². The summed E-state index contributed by atoms with van der Waals surface area (Å²) in [5.41, 5.74) is 0.532. The Morgan fingerprint density at radius 1 is 1.40 bits per heavy atom. The molecule has 0 aliphatic carbocycles. The van der Waals surface area contributed by atoms with Crippen molar-refractivity contribution in [1.82, 2.24) is 0 Å². The van der Waals surface area contributed by atoms with Gasteiger partial charge in [-0.25, -0.2) is 4.39 Å². The Labute approximate surface area is 87.4 Å². The van der Waals surface area contributed by atoms with E-state index in [0.717, 1.165) is 0 Å². The molecule has 82 valence electrons. The lowest BCUT2D eigenvalue weighted by molar-refractivity contribution is 0.201. The lowest BCUT2D eigenvalue weighted by Crippen LogP contribution is -2.21. The Morgan fingerprint density at radius 2 is 2.13 bits per heavy atom. The van der Waals surface area contributed by atoms with Crippen molar-refractivity contribution in [2.75, 3.05) is 13.7 Å². The molecule has 0 heterocycles. The minimum atomic E-state index is -1.91. The fourth-order valence-electron chi connectivity index (χ4n) is 1.18. The molecule has 0 unspecified atom stereocenters. The van der Waals surface area contributed by atoms with Crippen molar-refractivity contribution in [1.29, 1.82) is 0 Å². The van der Waals surface area contributed by atoms with Gasteiger partial charge in [0.05, 0.1) is 6.61 Å². The molecule has 0 aromatic heterocycles. The summed E-state index contributed by atoms with van der Waals surface area (Å²) in [6, 6.07) is 3.81. The van der Waals surface area contributed by atoms with Gasteiger partial charge in [0, 0.05) is 7.11 Å². The van der Waals surface area contributed by atoms with Crippen molar-refractivity contribution >= 4 is 7.32 Å². The standard InChI is InChI=1S/C9H12BFO4/c1-14-5-4-7-6-8(11)2-3-9(7)15-10(12)13/h2-3,6,12-13H,4-5H2,1H3. The van der Waals surface area contributed by atoms with E-state index in [-0.39, 0.29) is 5.75 Å². The van der Waals surface area contributed by atoms with E-state index in [0.29, 0.717) is 18.6 Å². The summed E-state index contributed by atoms with van der Waals surface area (Å²) >= 11 is 0. The highest BCUT2D eigenvalue weighted by molar-refractivity contribution is 6.33. The number of hydrogen-bond donors (Lipinski definition) is 2. The zero-order valence-corrected chi connectivity index (χ0v) is 8.31. The van der Waals surface area contributed by atoms with E-state index in [2.05, 4.69) is 4.65 Å². The minimum Gasteiger partial charge on any atom is -0.512 e.